The fraction of sp³-hybridized carbons (Fsp3) is 0.286. The van der Waals surface area contributed by atoms with Gasteiger partial charge in [-0.25, -0.2) is 13.1 Å². The molecule has 1 N–H and O–H groups in total. The first-order valence-electron chi connectivity index (χ1n) is 8.82. The van der Waals surface area contributed by atoms with Crippen LogP contribution in [0.5, 0.6) is 0 Å². The summed E-state index contributed by atoms with van der Waals surface area (Å²) in [4.78, 5) is 4.35. The molecular formula is C21H24N2O3S. The molecule has 3 aromatic rings. The lowest BCUT2D eigenvalue weighted by molar-refractivity contribution is 0.317. The largest absolute Gasteiger partial charge is 0.435 e. The van der Waals surface area contributed by atoms with Crippen molar-refractivity contribution in [2.75, 3.05) is 0 Å². The van der Waals surface area contributed by atoms with Gasteiger partial charge in [0.15, 0.2) is 5.76 Å². The number of hydrogen-bond donors (Lipinski definition) is 1. The van der Waals surface area contributed by atoms with Crippen LogP contribution in [-0.4, -0.2) is 19.4 Å². The summed E-state index contributed by atoms with van der Waals surface area (Å²) in [7, 11) is -3.86. The van der Waals surface area contributed by atoms with E-state index in [1.807, 2.05) is 88.4 Å². The molecule has 2 aromatic carbocycles. The maximum absolute atomic E-state index is 13.1. The SMILES string of the molecule is C[C@@H](NS(=O)(=O)c1nc(-c2ccccc2)oc1-c1ccccc1)C(C)(C)C. The van der Waals surface area contributed by atoms with E-state index in [4.69, 9.17) is 4.42 Å². The van der Waals surface area contributed by atoms with Gasteiger partial charge in [0.1, 0.15) is 0 Å². The first-order chi connectivity index (χ1) is 12.7. The van der Waals surface area contributed by atoms with Crippen molar-refractivity contribution in [1.29, 1.82) is 0 Å². The van der Waals surface area contributed by atoms with E-state index in [1.165, 1.54) is 0 Å². The van der Waals surface area contributed by atoms with Crippen LogP contribution in [0.3, 0.4) is 0 Å². The standard InChI is InChI=1S/C21H24N2O3S/c1-15(21(2,3)4)23-27(24,25)20-18(16-11-7-5-8-12-16)26-19(22-20)17-13-9-6-10-14-17/h5-15,23H,1-4H3/t15-/m1/s1. The van der Waals surface area contributed by atoms with E-state index >= 15 is 0 Å². The second kappa shape index (κ2) is 7.29. The molecule has 0 saturated heterocycles. The lowest BCUT2D eigenvalue weighted by Gasteiger charge is -2.27. The predicted molar refractivity (Wildman–Crippen MR) is 107 cm³/mol. The van der Waals surface area contributed by atoms with Crippen LogP contribution in [0, 0.1) is 5.41 Å². The van der Waals surface area contributed by atoms with Crippen molar-refractivity contribution >= 4 is 10.0 Å². The Kier molecular flexibility index (Phi) is 5.22. The van der Waals surface area contributed by atoms with Crippen LogP contribution in [-0.2, 0) is 10.0 Å². The van der Waals surface area contributed by atoms with Gasteiger partial charge in [-0.2, -0.15) is 4.98 Å². The van der Waals surface area contributed by atoms with Crippen LogP contribution < -0.4 is 4.72 Å². The molecule has 0 spiro atoms. The first-order valence-corrected chi connectivity index (χ1v) is 10.3. The summed E-state index contributed by atoms with van der Waals surface area (Å²) in [5.41, 5.74) is 1.15. The Morgan fingerprint density at radius 1 is 0.926 bits per heavy atom. The quantitative estimate of drug-likeness (QED) is 0.691. The zero-order valence-corrected chi connectivity index (χ0v) is 16.7. The molecule has 5 nitrogen and oxygen atoms in total. The molecular weight excluding hydrogens is 360 g/mol. The minimum absolute atomic E-state index is 0.0938. The van der Waals surface area contributed by atoms with Gasteiger partial charge in [0, 0.05) is 17.2 Å². The number of benzene rings is 2. The lowest BCUT2D eigenvalue weighted by Crippen LogP contribution is -2.41. The monoisotopic (exact) mass is 384 g/mol. The molecule has 6 heteroatoms. The smallest absolute Gasteiger partial charge is 0.262 e. The van der Waals surface area contributed by atoms with Crippen LogP contribution >= 0.6 is 0 Å². The summed E-state index contributed by atoms with van der Waals surface area (Å²) in [6, 6.07) is 18.1. The summed E-state index contributed by atoms with van der Waals surface area (Å²) >= 11 is 0. The van der Waals surface area contributed by atoms with Gasteiger partial charge in [-0.1, -0.05) is 69.3 Å². The Bertz CT molecular complexity index is 1000. The third-order valence-corrected chi connectivity index (χ3v) is 5.99. The van der Waals surface area contributed by atoms with Gasteiger partial charge in [-0.15, -0.1) is 0 Å². The number of oxazole rings is 1. The Hall–Kier alpha value is -2.44. The van der Waals surface area contributed by atoms with Gasteiger partial charge in [0.05, 0.1) is 0 Å². The fourth-order valence-corrected chi connectivity index (χ4v) is 3.97. The molecule has 0 amide bonds. The van der Waals surface area contributed by atoms with Crippen molar-refractivity contribution in [3.05, 3.63) is 60.7 Å². The second-order valence-corrected chi connectivity index (χ2v) is 9.22. The number of nitrogens with one attached hydrogen (secondary N) is 1. The summed E-state index contributed by atoms with van der Waals surface area (Å²) < 4.78 is 34.8. The molecule has 0 aliphatic heterocycles. The highest BCUT2D eigenvalue weighted by Crippen LogP contribution is 2.33. The molecule has 1 aromatic heterocycles. The van der Waals surface area contributed by atoms with Gasteiger partial charge < -0.3 is 4.42 Å². The molecule has 0 radical (unpaired) electrons. The third kappa shape index (κ3) is 4.28. The number of nitrogens with zero attached hydrogens (tertiary/aromatic N) is 1. The Morgan fingerprint density at radius 2 is 1.44 bits per heavy atom. The normalized spacial score (nSPS) is 13.5. The molecule has 0 saturated carbocycles. The van der Waals surface area contributed by atoms with Crippen molar-refractivity contribution < 1.29 is 12.8 Å². The number of hydrogen-bond acceptors (Lipinski definition) is 4. The molecule has 27 heavy (non-hydrogen) atoms. The minimum Gasteiger partial charge on any atom is -0.435 e. The van der Waals surface area contributed by atoms with E-state index in [9.17, 15) is 8.42 Å². The van der Waals surface area contributed by atoms with E-state index in [0.29, 0.717) is 5.56 Å². The van der Waals surface area contributed by atoms with Crippen LogP contribution in [0.25, 0.3) is 22.8 Å². The number of sulfonamides is 1. The van der Waals surface area contributed by atoms with Gasteiger partial charge in [-0.3, -0.25) is 0 Å². The van der Waals surface area contributed by atoms with Gasteiger partial charge in [0.2, 0.25) is 10.9 Å². The van der Waals surface area contributed by atoms with Gasteiger partial charge in [0.25, 0.3) is 10.0 Å². The zero-order chi connectivity index (χ0) is 19.7. The van der Waals surface area contributed by atoms with Crippen molar-refractivity contribution in [1.82, 2.24) is 9.71 Å². The molecule has 3 rings (SSSR count). The molecule has 142 valence electrons. The summed E-state index contributed by atoms with van der Waals surface area (Å²) in [5, 5.41) is -0.0938. The maximum atomic E-state index is 13.1. The summed E-state index contributed by atoms with van der Waals surface area (Å²) in [5.74, 6) is 0.515. The topological polar surface area (TPSA) is 72.2 Å². The Morgan fingerprint density at radius 3 is 1.96 bits per heavy atom. The van der Waals surface area contributed by atoms with Crippen LogP contribution in [0.1, 0.15) is 27.7 Å². The first kappa shape index (κ1) is 19.3. The van der Waals surface area contributed by atoms with E-state index < -0.39 is 10.0 Å². The van der Waals surface area contributed by atoms with Crippen molar-refractivity contribution in [3.63, 3.8) is 0 Å². The van der Waals surface area contributed by atoms with Gasteiger partial charge >= 0.3 is 0 Å². The average Bonchev–Trinajstić information content (AvgIpc) is 3.08. The Balaban J connectivity index is 2.12. The molecule has 0 aliphatic carbocycles. The number of aromatic nitrogens is 1. The van der Waals surface area contributed by atoms with Crippen molar-refractivity contribution in [2.45, 2.75) is 38.8 Å². The van der Waals surface area contributed by atoms with Crippen LogP contribution in [0.15, 0.2) is 70.1 Å². The van der Waals surface area contributed by atoms with Gasteiger partial charge in [-0.05, 0) is 24.5 Å². The average molecular weight is 385 g/mol. The van der Waals surface area contributed by atoms with E-state index in [2.05, 4.69) is 9.71 Å². The van der Waals surface area contributed by atoms with Crippen molar-refractivity contribution in [2.24, 2.45) is 5.41 Å². The lowest BCUT2D eigenvalue weighted by atomic mass is 9.89. The summed E-state index contributed by atoms with van der Waals surface area (Å²) in [6.07, 6.45) is 0. The molecule has 0 aliphatic rings. The van der Waals surface area contributed by atoms with E-state index in [0.717, 1.165) is 5.56 Å². The molecule has 1 atom stereocenters. The van der Waals surface area contributed by atoms with Crippen LogP contribution in [0.4, 0.5) is 0 Å². The third-order valence-electron chi connectivity index (χ3n) is 4.54. The summed E-state index contributed by atoms with van der Waals surface area (Å²) in [6.45, 7) is 7.79. The number of rotatable bonds is 5. The zero-order valence-electron chi connectivity index (χ0n) is 15.9. The predicted octanol–water partition coefficient (Wildman–Crippen LogP) is 4.72. The van der Waals surface area contributed by atoms with E-state index in [-0.39, 0.29) is 28.1 Å². The van der Waals surface area contributed by atoms with E-state index in [1.54, 1.807) is 0 Å². The highest BCUT2D eigenvalue weighted by molar-refractivity contribution is 7.89. The van der Waals surface area contributed by atoms with Crippen molar-refractivity contribution in [3.8, 4) is 22.8 Å². The highest BCUT2D eigenvalue weighted by Gasteiger charge is 2.31. The minimum atomic E-state index is -3.86. The maximum Gasteiger partial charge on any atom is 0.262 e. The highest BCUT2D eigenvalue weighted by atomic mass is 32.2. The molecule has 0 unspecified atom stereocenters. The molecule has 1 heterocycles. The second-order valence-electron chi connectivity index (χ2n) is 7.59. The Labute approximate surface area is 160 Å². The fourth-order valence-electron chi connectivity index (χ4n) is 2.43. The van der Waals surface area contributed by atoms with Crippen LogP contribution in [0.2, 0.25) is 0 Å². The molecule has 0 fully saturated rings. The molecule has 0 bridgehead atoms.